The Balaban J connectivity index is 1.73. The molecule has 1 unspecified atom stereocenters. The second kappa shape index (κ2) is 8.41. The molecule has 0 radical (unpaired) electrons. The zero-order chi connectivity index (χ0) is 21.1. The van der Waals surface area contributed by atoms with Crippen LogP contribution in [0.2, 0.25) is 0 Å². The van der Waals surface area contributed by atoms with E-state index in [1.165, 1.54) is 11.1 Å². The average Bonchev–Trinajstić information content (AvgIpc) is 2.73. The smallest absolute Gasteiger partial charge is 0.272 e. The monoisotopic (exact) mass is 390 g/mol. The van der Waals surface area contributed by atoms with E-state index in [0.29, 0.717) is 24.6 Å². The lowest BCUT2D eigenvalue weighted by molar-refractivity contribution is -0.147. The van der Waals surface area contributed by atoms with E-state index in [-0.39, 0.29) is 5.54 Å². The maximum atomic E-state index is 13.1. The van der Waals surface area contributed by atoms with Crippen LogP contribution in [-0.2, 0) is 16.8 Å². The maximum Gasteiger partial charge on any atom is 0.272 e. The van der Waals surface area contributed by atoms with Gasteiger partial charge in [0.25, 0.3) is 5.91 Å². The number of aliphatic hydroxyl groups is 1. The summed E-state index contributed by atoms with van der Waals surface area (Å²) in [7, 11) is 0. The van der Waals surface area contributed by atoms with Crippen molar-refractivity contribution in [3.63, 3.8) is 0 Å². The number of piperidine rings is 1. The highest BCUT2D eigenvalue weighted by molar-refractivity contribution is 5.89. The minimum atomic E-state index is -1.92. The highest BCUT2D eigenvalue weighted by Gasteiger charge is 2.40. The molecule has 0 aromatic heterocycles. The Hall–Kier alpha value is -2.61. The van der Waals surface area contributed by atoms with Crippen molar-refractivity contribution in [1.29, 1.82) is 0 Å². The van der Waals surface area contributed by atoms with Crippen LogP contribution in [0.15, 0.2) is 54.6 Å². The standard InChI is InChI=1S/C25H30N2O2/c1-4-25(29,21-11-6-5-7-12-21)23(28)27-16-14-19(15-17-27)22-13-9-8-10-20(22)18-24(2,3)26/h1,5-13,19,29H,14-18,26H2,2-3H3. The number of likely N-dealkylation sites (tertiary alicyclic amines) is 1. The zero-order valence-corrected chi connectivity index (χ0v) is 17.3. The number of carbonyl (C=O) groups is 1. The minimum absolute atomic E-state index is 0.272. The second-order valence-corrected chi connectivity index (χ2v) is 8.65. The lowest BCUT2D eigenvalue weighted by Gasteiger charge is -2.36. The first-order chi connectivity index (χ1) is 13.7. The summed E-state index contributed by atoms with van der Waals surface area (Å²) < 4.78 is 0. The van der Waals surface area contributed by atoms with E-state index in [1.54, 1.807) is 29.2 Å². The van der Waals surface area contributed by atoms with Crippen molar-refractivity contribution >= 4 is 5.91 Å². The summed E-state index contributed by atoms with van der Waals surface area (Å²) in [5.41, 5.74) is 7.07. The van der Waals surface area contributed by atoms with Gasteiger partial charge in [-0.1, -0.05) is 60.5 Å². The van der Waals surface area contributed by atoms with Gasteiger partial charge in [-0.05, 0) is 50.2 Å². The van der Waals surface area contributed by atoms with Crippen LogP contribution in [-0.4, -0.2) is 34.5 Å². The van der Waals surface area contributed by atoms with Gasteiger partial charge in [0.05, 0.1) is 0 Å². The number of amides is 1. The molecular weight excluding hydrogens is 360 g/mol. The quantitative estimate of drug-likeness (QED) is 0.771. The van der Waals surface area contributed by atoms with E-state index in [9.17, 15) is 9.90 Å². The largest absolute Gasteiger partial charge is 0.366 e. The van der Waals surface area contributed by atoms with Crippen LogP contribution in [0.4, 0.5) is 0 Å². The molecule has 0 saturated carbocycles. The fraction of sp³-hybridized carbons (Fsp3) is 0.400. The summed E-state index contributed by atoms with van der Waals surface area (Å²) in [5, 5.41) is 10.9. The van der Waals surface area contributed by atoms with E-state index in [1.807, 2.05) is 19.9 Å². The van der Waals surface area contributed by atoms with E-state index in [0.717, 1.165) is 19.3 Å². The Labute approximate surface area is 173 Å². The van der Waals surface area contributed by atoms with Gasteiger partial charge >= 0.3 is 0 Å². The molecule has 1 fully saturated rings. The molecule has 1 heterocycles. The lowest BCUT2D eigenvalue weighted by atomic mass is 9.82. The van der Waals surface area contributed by atoms with Gasteiger partial charge in [-0.15, -0.1) is 6.42 Å². The van der Waals surface area contributed by atoms with Crippen LogP contribution >= 0.6 is 0 Å². The number of hydrogen-bond acceptors (Lipinski definition) is 3. The minimum Gasteiger partial charge on any atom is -0.366 e. The molecule has 1 amide bonds. The Bertz CT molecular complexity index is 887. The van der Waals surface area contributed by atoms with Gasteiger partial charge in [-0.3, -0.25) is 4.79 Å². The first-order valence-electron chi connectivity index (χ1n) is 10.2. The summed E-state index contributed by atoms with van der Waals surface area (Å²) in [4.78, 5) is 14.8. The van der Waals surface area contributed by atoms with Crippen LogP contribution in [0, 0.1) is 12.3 Å². The Morgan fingerprint density at radius 2 is 1.72 bits per heavy atom. The molecule has 1 atom stereocenters. The number of rotatable bonds is 5. The second-order valence-electron chi connectivity index (χ2n) is 8.65. The number of nitrogens with zero attached hydrogens (tertiary/aromatic N) is 1. The molecule has 1 saturated heterocycles. The molecule has 0 aliphatic carbocycles. The predicted octanol–water partition coefficient (Wildman–Crippen LogP) is 3.19. The average molecular weight is 391 g/mol. The normalized spacial score (nSPS) is 17.4. The summed E-state index contributed by atoms with van der Waals surface area (Å²) in [5.74, 6) is 2.27. The van der Waals surface area contributed by atoms with E-state index >= 15 is 0 Å². The van der Waals surface area contributed by atoms with Crippen LogP contribution in [0.1, 0.15) is 49.3 Å². The van der Waals surface area contributed by atoms with Crippen LogP contribution in [0.5, 0.6) is 0 Å². The Morgan fingerprint density at radius 3 is 2.31 bits per heavy atom. The van der Waals surface area contributed by atoms with Gasteiger partial charge in [0.2, 0.25) is 5.60 Å². The van der Waals surface area contributed by atoms with Crippen molar-refractivity contribution in [3.8, 4) is 12.3 Å². The number of hydrogen-bond donors (Lipinski definition) is 2. The van der Waals surface area contributed by atoms with Crippen molar-refractivity contribution in [3.05, 3.63) is 71.3 Å². The van der Waals surface area contributed by atoms with Crippen LogP contribution < -0.4 is 5.73 Å². The van der Waals surface area contributed by atoms with Crippen molar-refractivity contribution in [2.24, 2.45) is 5.73 Å². The van der Waals surface area contributed by atoms with E-state index in [2.05, 4.69) is 30.2 Å². The van der Waals surface area contributed by atoms with Gasteiger partial charge in [0.1, 0.15) is 0 Å². The molecular formula is C25H30N2O2. The van der Waals surface area contributed by atoms with Gasteiger partial charge in [0, 0.05) is 24.2 Å². The number of terminal acetylenes is 1. The topological polar surface area (TPSA) is 66.6 Å². The molecule has 1 aliphatic heterocycles. The highest BCUT2D eigenvalue weighted by Crippen LogP contribution is 2.33. The van der Waals surface area contributed by atoms with Gasteiger partial charge in [-0.2, -0.15) is 0 Å². The number of carbonyl (C=O) groups excluding carboxylic acids is 1. The summed E-state index contributed by atoms with van der Waals surface area (Å²) in [6, 6.07) is 17.2. The third kappa shape index (κ3) is 4.70. The molecule has 3 N–H and O–H groups in total. The molecule has 0 bridgehead atoms. The fourth-order valence-corrected chi connectivity index (χ4v) is 4.15. The third-order valence-corrected chi connectivity index (χ3v) is 5.63. The maximum absolute atomic E-state index is 13.1. The van der Waals surface area contributed by atoms with Crippen molar-refractivity contribution < 1.29 is 9.90 Å². The molecule has 3 rings (SSSR count). The number of benzene rings is 2. The van der Waals surface area contributed by atoms with Gasteiger partial charge in [0.15, 0.2) is 0 Å². The molecule has 1 aliphatic rings. The van der Waals surface area contributed by atoms with Crippen LogP contribution in [0.3, 0.4) is 0 Å². The van der Waals surface area contributed by atoms with Crippen molar-refractivity contribution in [1.82, 2.24) is 4.90 Å². The SMILES string of the molecule is C#CC(O)(C(=O)N1CCC(c2ccccc2CC(C)(C)N)CC1)c1ccccc1. The van der Waals surface area contributed by atoms with Crippen LogP contribution in [0.25, 0.3) is 0 Å². The summed E-state index contributed by atoms with van der Waals surface area (Å²) >= 11 is 0. The van der Waals surface area contributed by atoms with E-state index < -0.39 is 11.5 Å². The molecule has 4 nitrogen and oxygen atoms in total. The van der Waals surface area contributed by atoms with Crippen molar-refractivity contribution in [2.45, 2.75) is 50.2 Å². The lowest BCUT2D eigenvalue weighted by Crippen LogP contribution is -2.49. The van der Waals surface area contributed by atoms with Gasteiger partial charge in [-0.25, -0.2) is 0 Å². The Kier molecular flexibility index (Phi) is 6.12. The van der Waals surface area contributed by atoms with Crippen molar-refractivity contribution in [2.75, 3.05) is 13.1 Å². The van der Waals surface area contributed by atoms with Gasteiger partial charge < -0.3 is 15.7 Å². The number of nitrogens with two attached hydrogens (primary N) is 1. The zero-order valence-electron chi connectivity index (χ0n) is 17.3. The van der Waals surface area contributed by atoms with E-state index in [4.69, 9.17) is 12.2 Å². The summed E-state index contributed by atoms with van der Waals surface area (Å²) in [6.07, 6.45) is 8.07. The molecule has 0 spiro atoms. The first kappa shape index (κ1) is 21.1. The first-order valence-corrected chi connectivity index (χ1v) is 10.2. The Morgan fingerprint density at radius 1 is 1.14 bits per heavy atom. The molecule has 29 heavy (non-hydrogen) atoms. The predicted molar refractivity (Wildman–Crippen MR) is 116 cm³/mol. The summed E-state index contributed by atoms with van der Waals surface area (Å²) in [6.45, 7) is 5.21. The third-order valence-electron chi connectivity index (χ3n) is 5.63. The molecule has 4 heteroatoms. The molecule has 2 aromatic rings. The highest BCUT2D eigenvalue weighted by atomic mass is 16.3. The molecule has 2 aromatic carbocycles. The molecule has 152 valence electrons. The fourth-order valence-electron chi connectivity index (χ4n) is 4.15.